The zero-order valence-electron chi connectivity index (χ0n) is 11.5. The lowest BCUT2D eigenvalue weighted by Crippen LogP contribution is -2.47. The molecule has 0 aliphatic carbocycles. The zero-order chi connectivity index (χ0) is 13.5. The number of unbranched alkanes of at least 4 members (excludes halogenated alkanes) is 1. The number of aromatic nitrogens is 2. The average molecular weight is 252 g/mol. The van der Waals surface area contributed by atoms with Crippen molar-refractivity contribution >= 4 is 5.91 Å². The van der Waals surface area contributed by atoms with E-state index in [1.54, 1.807) is 6.20 Å². The molecule has 1 aromatic rings. The van der Waals surface area contributed by atoms with Crippen LogP contribution < -0.4 is 11.1 Å². The average Bonchev–Trinajstić information content (AvgIpc) is 2.86. The van der Waals surface area contributed by atoms with E-state index in [2.05, 4.69) is 24.3 Å². The smallest absolute Gasteiger partial charge is 0.234 e. The second kappa shape index (κ2) is 7.16. The van der Waals surface area contributed by atoms with Crippen molar-refractivity contribution in [3.8, 4) is 0 Å². The molecule has 1 amide bonds. The predicted molar refractivity (Wildman–Crippen MR) is 72.0 cm³/mol. The highest BCUT2D eigenvalue weighted by Gasteiger charge is 2.21. The molecule has 0 aliphatic rings. The molecule has 5 heteroatoms. The maximum absolute atomic E-state index is 11.4. The molecule has 3 N–H and O–H groups in total. The minimum atomic E-state index is -0.275. The van der Waals surface area contributed by atoms with Crippen LogP contribution in [0.25, 0.3) is 0 Å². The lowest BCUT2D eigenvalue weighted by atomic mass is 10.1. The van der Waals surface area contributed by atoms with Crippen molar-refractivity contribution < 1.29 is 4.79 Å². The van der Waals surface area contributed by atoms with Crippen molar-refractivity contribution in [3.05, 3.63) is 18.5 Å². The van der Waals surface area contributed by atoms with Crippen LogP contribution in [0, 0.1) is 0 Å². The molecule has 0 saturated heterocycles. The van der Waals surface area contributed by atoms with E-state index in [9.17, 15) is 4.79 Å². The Morgan fingerprint density at radius 2 is 2.22 bits per heavy atom. The highest BCUT2D eigenvalue weighted by molar-refractivity contribution is 5.79. The summed E-state index contributed by atoms with van der Waals surface area (Å²) in [7, 11) is 0. The Morgan fingerprint density at radius 3 is 2.72 bits per heavy atom. The molecule has 0 saturated carbocycles. The quantitative estimate of drug-likeness (QED) is 0.735. The van der Waals surface area contributed by atoms with Gasteiger partial charge in [0.2, 0.25) is 5.91 Å². The molecule has 0 bridgehead atoms. The van der Waals surface area contributed by atoms with Crippen molar-refractivity contribution in [2.24, 2.45) is 5.73 Å². The van der Waals surface area contributed by atoms with Gasteiger partial charge in [-0.1, -0.05) is 19.8 Å². The zero-order valence-corrected chi connectivity index (χ0v) is 11.5. The first kappa shape index (κ1) is 14.7. The lowest BCUT2D eigenvalue weighted by Gasteiger charge is -2.26. The Labute approximate surface area is 109 Å². The molecule has 1 rings (SSSR count). The largest absolute Gasteiger partial charge is 0.368 e. The van der Waals surface area contributed by atoms with Crippen LogP contribution in [0.3, 0.4) is 0 Å². The van der Waals surface area contributed by atoms with E-state index in [-0.39, 0.29) is 24.0 Å². The standard InChI is InChI=1S/C13H24N4O/c1-4-5-7-12(13(14)18)16-10(2)11(3)17-9-6-8-15-17/h6,8-12,16H,4-5,7H2,1-3H3,(H2,14,18)/t10-,11-,12+/m1/s1. The molecule has 102 valence electrons. The van der Waals surface area contributed by atoms with Crippen molar-refractivity contribution in [1.82, 2.24) is 15.1 Å². The Kier molecular flexibility index (Phi) is 5.85. The summed E-state index contributed by atoms with van der Waals surface area (Å²) in [6, 6.07) is 1.96. The van der Waals surface area contributed by atoms with Crippen molar-refractivity contribution in [2.75, 3.05) is 0 Å². The maximum Gasteiger partial charge on any atom is 0.234 e. The number of primary amides is 1. The Morgan fingerprint density at radius 1 is 1.50 bits per heavy atom. The predicted octanol–water partition coefficient (Wildman–Crippen LogP) is 1.47. The van der Waals surface area contributed by atoms with Gasteiger partial charge in [0.1, 0.15) is 0 Å². The van der Waals surface area contributed by atoms with Crippen molar-refractivity contribution in [1.29, 1.82) is 0 Å². The topological polar surface area (TPSA) is 72.9 Å². The van der Waals surface area contributed by atoms with Crippen LogP contribution in [0.1, 0.15) is 46.1 Å². The fourth-order valence-electron chi connectivity index (χ4n) is 1.92. The molecule has 0 fully saturated rings. The molecule has 0 aliphatic heterocycles. The van der Waals surface area contributed by atoms with Gasteiger partial charge >= 0.3 is 0 Å². The van der Waals surface area contributed by atoms with Gasteiger partial charge in [-0.25, -0.2) is 0 Å². The van der Waals surface area contributed by atoms with E-state index in [1.165, 1.54) is 0 Å². The molecule has 0 spiro atoms. The van der Waals surface area contributed by atoms with Crippen LogP contribution in [-0.2, 0) is 4.79 Å². The number of rotatable bonds is 8. The molecule has 1 aromatic heterocycles. The third kappa shape index (κ3) is 4.14. The van der Waals surface area contributed by atoms with E-state index >= 15 is 0 Å². The molecule has 0 aromatic carbocycles. The molecule has 3 atom stereocenters. The first-order chi connectivity index (χ1) is 8.56. The summed E-state index contributed by atoms with van der Waals surface area (Å²) in [5, 5.41) is 7.52. The highest BCUT2D eigenvalue weighted by Crippen LogP contribution is 2.11. The van der Waals surface area contributed by atoms with Gasteiger partial charge in [-0.2, -0.15) is 5.10 Å². The van der Waals surface area contributed by atoms with Crippen LogP contribution >= 0.6 is 0 Å². The van der Waals surface area contributed by atoms with Crippen molar-refractivity contribution in [2.45, 2.75) is 58.2 Å². The van der Waals surface area contributed by atoms with Gasteiger partial charge in [-0.05, 0) is 26.3 Å². The summed E-state index contributed by atoms with van der Waals surface area (Å²) >= 11 is 0. The third-order valence-corrected chi connectivity index (χ3v) is 3.32. The number of carbonyl (C=O) groups is 1. The number of carbonyl (C=O) groups excluding carboxylic acids is 1. The molecule has 18 heavy (non-hydrogen) atoms. The van der Waals surface area contributed by atoms with E-state index in [1.807, 2.05) is 23.9 Å². The van der Waals surface area contributed by atoms with Gasteiger partial charge in [0.25, 0.3) is 0 Å². The van der Waals surface area contributed by atoms with Gasteiger partial charge in [-0.3, -0.25) is 9.48 Å². The van der Waals surface area contributed by atoms with Crippen LogP contribution in [0.15, 0.2) is 18.5 Å². The summed E-state index contributed by atoms with van der Waals surface area (Å²) < 4.78 is 1.88. The number of hydrogen-bond donors (Lipinski definition) is 2. The molecule has 1 heterocycles. The number of nitrogens with one attached hydrogen (secondary N) is 1. The van der Waals surface area contributed by atoms with Crippen molar-refractivity contribution in [3.63, 3.8) is 0 Å². The van der Waals surface area contributed by atoms with Crippen LogP contribution in [0.5, 0.6) is 0 Å². The van der Waals surface area contributed by atoms with Gasteiger partial charge < -0.3 is 11.1 Å². The summed E-state index contributed by atoms with van der Waals surface area (Å²) in [4.78, 5) is 11.4. The van der Waals surface area contributed by atoms with Gasteiger partial charge in [-0.15, -0.1) is 0 Å². The SMILES string of the molecule is CCCC[C@H](N[C@H](C)[C@@H](C)n1cccn1)C(N)=O. The van der Waals surface area contributed by atoms with Gasteiger partial charge in [0.15, 0.2) is 0 Å². The molecule has 5 nitrogen and oxygen atoms in total. The molecule has 0 unspecified atom stereocenters. The summed E-state index contributed by atoms with van der Waals surface area (Å²) in [5.41, 5.74) is 5.42. The monoisotopic (exact) mass is 252 g/mol. The fourth-order valence-corrected chi connectivity index (χ4v) is 1.92. The number of hydrogen-bond acceptors (Lipinski definition) is 3. The number of amides is 1. The van der Waals surface area contributed by atoms with Crippen LogP contribution in [0.2, 0.25) is 0 Å². The van der Waals surface area contributed by atoms with Crippen LogP contribution in [0.4, 0.5) is 0 Å². The summed E-state index contributed by atoms with van der Waals surface area (Å²) in [6.07, 6.45) is 6.54. The maximum atomic E-state index is 11.4. The van der Waals surface area contributed by atoms with E-state index < -0.39 is 0 Å². The van der Waals surface area contributed by atoms with E-state index in [0.717, 1.165) is 19.3 Å². The Bertz CT molecular complexity index is 350. The van der Waals surface area contributed by atoms with E-state index in [0.29, 0.717) is 0 Å². The lowest BCUT2D eigenvalue weighted by molar-refractivity contribution is -0.120. The van der Waals surface area contributed by atoms with Gasteiger partial charge in [0, 0.05) is 18.4 Å². The number of nitrogens with two attached hydrogens (primary N) is 1. The minimum Gasteiger partial charge on any atom is -0.368 e. The van der Waals surface area contributed by atoms with E-state index in [4.69, 9.17) is 5.73 Å². The first-order valence-corrected chi connectivity index (χ1v) is 6.60. The number of nitrogens with zero attached hydrogens (tertiary/aromatic N) is 2. The fraction of sp³-hybridized carbons (Fsp3) is 0.692. The normalized spacial score (nSPS) is 16.2. The highest BCUT2D eigenvalue weighted by atomic mass is 16.1. The first-order valence-electron chi connectivity index (χ1n) is 6.60. The van der Waals surface area contributed by atoms with Gasteiger partial charge in [0.05, 0.1) is 12.1 Å². The van der Waals surface area contributed by atoms with Crippen LogP contribution in [-0.4, -0.2) is 27.8 Å². The summed E-state index contributed by atoms with van der Waals surface area (Å²) in [6.45, 7) is 6.23. The third-order valence-electron chi connectivity index (χ3n) is 3.32. The second-order valence-corrected chi connectivity index (χ2v) is 4.78. The molecular formula is C13H24N4O. The summed E-state index contributed by atoms with van der Waals surface area (Å²) in [5.74, 6) is -0.275. The Balaban J connectivity index is 2.55. The Hall–Kier alpha value is -1.36. The molecular weight excluding hydrogens is 228 g/mol. The molecule has 0 radical (unpaired) electrons. The minimum absolute atomic E-state index is 0.138. The second-order valence-electron chi connectivity index (χ2n) is 4.78.